The van der Waals surface area contributed by atoms with Crippen LogP contribution >= 0.6 is 0 Å². The van der Waals surface area contributed by atoms with Crippen LogP contribution < -0.4 is 5.32 Å². The number of rotatable bonds is 0. The largest absolute Gasteiger partial charge is 0.317 e. The van der Waals surface area contributed by atoms with Crippen molar-refractivity contribution in [1.29, 1.82) is 0 Å². The van der Waals surface area contributed by atoms with E-state index in [1.165, 1.54) is 12.8 Å². The van der Waals surface area contributed by atoms with Crippen molar-refractivity contribution in [3.63, 3.8) is 0 Å². The van der Waals surface area contributed by atoms with E-state index in [1.807, 2.05) is 0 Å². The molecular formula is C8H14FN. The maximum Gasteiger partial charge on any atom is 0.101 e. The molecule has 1 N–H and O–H groups in total. The first-order valence-corrected chi connectivity index (χ1v) is 4.16. The zero-order valence-electron chi connectivity index (χ0n) is 6.20. The third-order valence-corrected chi connectivity index (χ3v) is 2.97. The average Bonchev–Trinajstić information content (AvgIpc) is 1.87. The minimum absolute atomic E-state index is 0.435. The lowest BCUT2D eigenvalue weighted by molar-refractivity contribution is -0.000459. The van der Waals surface area contributed by atoms with E-state index < -0.39 is 6.17 Å². The summed E-state index contributed by atoms with van der Waals surface area (Å²) in [6.45, 7) is 2.21. The van der Waals surface area contributed by atoms with Crippen molar-refractivity contribution in [2.45, 2.75) is 31.9 Å². The summed E-state index contributed by atoms with van der Waals surface area (Å²) in [7, 11) is 0. The Labute approximate surface area is 61.0 Å². The summed E-state index contributed by atoms with van der Waals surface area (Å²) < 4.78 is 12.5. The molecule has 58 valence electrons. The van der Waals surface area contributed by atoms with E-state index in [0.717, 1.165) is 25.9 Å². The summed E-state index contributed by atoms with van der Waals surface area (Å²) in [6.07, 6.45) is 3.61. The Hall–Kier alpha value is -0.110. The van der Waals surface area contributed by atoms with Crippen molar-refractivity contribution in [2.75, 3.05) is 13.1 Å². The molecule has 2 aliphatic rings. The SMILES string of the molecule is FC1CC2(CCNCC2)C1. The van der Waals surface area contributed by atoms with Crippen LogP contribution in [0.15, 0.2) is 0 Å². The number of halogens is 1. The van der Waals surface area contributed by atoms with Crippen molar-refractivity contribution in [1.82, 2.24) is 5.32 Å². The molecule has 1 saturated heterocycles. The van der Waals surface area contributed by atoms with Gasteiger partial charge in [0.1, 0.15) is 6.17 Å². The Morgan fingerprint density at radius 3 is 2.30 bits per heavy atom. The Morgan fingerprint density at radius 1 is 1.20 bits per heavy atom. The fourth-order valence-electron chi connectivity index (χ4n) is 2.25. The highest BCUT2D eigenvalue weighted by atomic mass is 19.1. The Kier molecular flexibility index (Phi) is 1.44. The molecule has 1 nitrogen and oxygen atoms in total. The van der Waals surface area contributed by atoms with Crippen LogP contribution in [0.2, 0.25) is 0 Å². The molecule has 2 heteroatoms. The molecule has 2 rings (SSSR count). The maximum atomic E-state index is 12.5. The van der Waals surface area contributed by atoms with Gasteiger partial charge in [-0.05, 0) is 44.2 Å². The fourth-order valence-corrected chi connectivity index (χ4v) is 2.25. The third-order valence-electron chi connectivity index (χ3n) is 2.97. The topological polar surface area (TPSA) is 12.0 Å². The van der Waals surface area contributed by atoms with Gasteiger partial charge in [-0.15, -0.1) is 0 Å². The highest BCUT2D eigenvalue weighted by Gasteiger charge is 2.44. The number of hydrogen-bond acceptors (Lipinski definition) is 1. The highest BCUT2D eigenvalue weighted by Crippen LogP contribution is 2.49. The Balaban J connectivity index is 1.90. The Bertz CT molecular complexity index is 114. The molecule has 0 radical (unpaired) electrons. The van der Waals surface area contributed by atoms with Gasteiger partial charge in [0, 0.05) is 0 Å². The maximum absolute atomic E-state index is 12.5. The summed E-state index contributed by atoms with van der Waals surface area (Å²) in [6, 6.07) is 0. The quantitative estimate of drug-likeness (QED) is 0.541. The van der Waals surface area contributed by atoms with Crippen LogP contribution in [-0.4, -0.2) is 19.3 Å². The van der Waals surface area contributed by atoms with Crippen molar-refractivity contribution >= 4 is 0 Å². The fraction of sp³-hybridized carbons (Fsp3) is 1.00. The number of piperidine rings is 1. The van der Waals surface area contributed by atoms with Crippen LogP contribution in [0.5, 0.6) is 0 Å². The first kappa shape index (κ1) is 6.59. The van der Waals surface area contributed by atoms with Gasteiger partial charge in [-0.25, -0.2) is 4.39 Å². The molecule has 0 aromatic rings. The molecular weight excluding hydrogens is 129 g/mol. The molecule has 1 heterocycles. The van der Waals surface area contributed by atoms with Crippen LogP contribution in [0.1, 0.15) is 25.7 Å². The molecule has 0 bridgehead atoms. The minimum Gasteiger partial charge on any atom is -0.317 e. The summed E-state index contributed by atoms with van der Waals surface area (Å²) in [5.74, 6) is 0. The van der Waals surface area contributed by atoms with Crippen LogP contribution in [0.3, 0.4) is 0 Å². The molecule has 1 saturated carbocycles. The first-order valence-electron chi connectivity index (χ1n) is 4.16. The van der Waals surface area contributed by atoms with E-state index in [9.17, 15) is 4.39 Å². The molecule has 2 fully saturated rings. The summed E-state index contributed by atoms with van der Waals surface area (Å²) in [5.41, 5.74) is 0.435. The third kappa shape index (κ3) is 0.947. The summed E-state index contributed by atoms with van der Waals surface area (Å²) in [4.78, 5) is 0. The zero-order valence-corrected chi connectivity index (χ0v) is 6.20. The molecule has 0 unspecified atom stereocenters. The number of nitrogens with one attached hydrogen (secondary N) is 1. The van der Waals surface area contributed by atoms with Gasteiger partial charge >= 0.3 is 0 Å². The molecule has 1 aliphatic carbocycles. The van der Waals surface area contributed by atoms with E-state index in [2.05, 4.69) is 5.32 Å². The smallest absolute Gasteiger partial charge is 0.101 e. The van der Waals surface area contributed by atoms with Gasteiger partial charge in [-0.3, -0.25) is 0 Å². The molecule has 1 aliphatic heterocycles. The van der Waals surface area contributed by atoms with E-state index in [1.54, 1.807) is 0 Å². The van der Waals surface area contributed by atoms with E-state index >= 15 is 0 Å². The first-order chi connectivity index (χ1) is 4.81. The van der Waals surface area contributed by atoms with Gasteiger partial charge in [0.2, 0.25) is 0 Å². The van der Waals surface area contributed by atoms with Crippen LogP contribution in [-0.2, 0) is 0 Å². The second-order valence-corrected chi connectivity index (χ2v) is 3.76. The van der Waals surface area contributed by atoms with E-state index in [4.69, 9.17) is 0 Å². The molecule has 0 amide bonds. The lowest BCUT2D eigenvalue weighted by atomic mass is 9.62. The van der Waals surface area contributed by atoms with Gasteiger partial charge in [-0.1, -0.05) is 0 Å². The van der Waals surface area contributed by atoms with Gasteiger partial charge < -0.3 is 5.32 Å². The minimum atomic E-state index is -0.474. The van der Waals surface area contributed by atoms with Crippen molar-refractivity contribution < 1.29 is 4.39 Å². The second kappa shape index (κ2) is 2.19. The average molecular weight is 143 g/mol. The highest BCUT2D eigenvalue weighted by molar-refractivity contribution is 4.96. The zero-order chi connectivity index (χ0) is 7.03. The lowest BCUT2D eigenvalue weighted by Gasteiger charge is -2.47. The Morgan fingerprint density at radius 2 is 1.80 bits per heavy atom. The molecule has 0 aromatic carbocycles. The van der Waals surface area contributed by atoms with Crippen molar-refractivity contribution in [2.24, 2.45) is 5.41 Å². The standard InChI is InChI=1S/C8H14FN/c9-7-5-8(6-7)1-3-10-4-2-8/h7,10H,1-6H2. The molecule has 0 atom stereocenters. The molecule has 10 heavy (non-hydrogen) atoms. The van der Waals surface area contributed by atoms with E-state index in [0.29, 0.717) is 5.41 Å². The van der Waals surface area contributed by atoms with Crippen LogP contribution in [0.25, 0.3) is 0 Å². The van der Waals surface area contributed by atoms with Crippen molar-refractivity contribution in [3.05, 3.63) is 0 Å². The predicted octanol–water partition coefficient (Wildman–Crippen LogP) is 1.49. The van der Waals surface area contributed by atoms with Gasteiger partial charge in [0.05, 0.1) is 0 Å². The van der Waals surface area contributed by atoms with Crippen LogP contribution in [0, 0.1) is 5.41 Å². The number of alkyl halides is 1. The van der Waals surface area contributed by atoms with Gasteiger partial charge in [-0.2, -0.15) is 0 Å². The second-order valence-electron chi connectivity index (χ2n) is 3.76. The van der Waals surface area contributed by atoms with E-state index in [-0.39, 0.29) is 0 Å². The summed E-state index contributed by atoms with van der Waals surface area (Å²) in [5, 5.41) is 3.30. The summed E-state index contributed by atoms with van der Waals surface area (Å²) >= 11 is 0. The predicted molar refractivity (Wildman–Crippen MR) is 38.7 cm³/mol. The van der Waals surface area contributed by atoms with Crippen LogP contribution in [0.4, 0.5) is 4.39 Å². The molecule has 1 spiro atoms. The van der Waals surface area contributed by atoms with Crippen molar-refractivity contribution in [3.8, 4) is 0 Å². The number of hydrogen-bond donors (Lipinski definition) is 1. The van der Waals surface area contributed by atoms with Gasteiger partial charge in [0.15, 0.2) is 0 Å². The lowest BCUT2D eigenvalue weighted by Crippen LogP contribution is -2.46. The monoisotopic (exact) mass is 143 g/mol. The molecule has 0 aromatic heterocycles. The van der Waals surface area contributed by atoms with Gasteiger partial charge in [0.25, 0.3) is 0 Å². The normalized spacial score (nSPS) is 32.1.